The van der Waals surface area contributed by atoms with Crippen molar-refractivity contribution in [2.45, 2.75) is 31.7 Å². The first kappa shape index (κ1) is 10.5. The summed E-state index contributed by atoms with van der Waals surface area (Å²) < 4.78 is 5.17. The van der Waals surface area contributed by atoms with Crippen LogP contribution in [0, 0.1) is 0 Å². The molecule has 0 saturated carbocycles. The molecule has 0 amide bonds. The lowest BCUT2D eigenvalue weighted by atomic mass is 9.87. The van der Waals surface area contributed by atoms with Gasteiger partial charge in [0.1, 0.15) is 5.75 Å². The Morgan fingerprint density at radius 3 is 2.60 bits per heavy atom. The molecule has 1 fully saturated rings. The van der Waals surface area contributed by atoms with Crippen LogP contribution < -0.4 is 10.1 Å². The Kier molecular flexibility index (Phi) is 3.27. The van der Waals surface area contributed by atoms with E-state index in [4.69, 9.17) is 4.74 Å². The molecule has 2 nitrogen and oxygen atoms in total. The third kappa shape index (κ3) is 2.51. The molecule has 1 heterocycles. The molecule has 0 aliphatic carbocycles. The van der Waals surface area contributed by atoms with E-state index in [-0.39, 0.29) is 0 Å². The van der Waals surface area contributed by atoms with Gasteiger partial charge >= 0.3 is 0 Å². The number of benzene rings is 1. The van der Waals surface area contributed by atoms with Crippen LogP contribution in [-0.4, -0.2) is 19.7 Å². The van der Waals surface area contributed by atoms with Crippen LogP contribution in [0.5, 0.6) is 5.75 Å². The topological polar surface area (TPSA) is 21.3 Å². The zero-order chi connectivity index (χ0) is 10.7. The highest BCUT2D eigenvalue weighted by Gasteiger charge is 2.19. The van der Waals surface area contributed by atoms with Crippen LogP contribution >= 0.6 is 0 Å². The summed E-state index contributed by atoms with van der Waals surface area (Å²) >= 11 is 0. The lowest BCUT2D eigenvalue weighted by molar-refractivity contribution is 0.380. The number of hydrogen-bond acceptors (Lipinski definition) is 2. The second kappa shape index (κ2) is 4.67. The standard InChI is InChI=1S/C13H19NO/c1-10-9-12(7-8-14-10)11-3-5-13(15-2)6-4-11/h3-6,10,12,14H,7-9H2,1-2H3/t10-,12-/m1/s1. The SMILES string of the molecule is COc1ccc([C@@H]2CCN[C@H](C)C2)cc1. The summed E-state index contributed by atoms with van der Waals surface area (Å²) in [4.78, 5) is 0. The van der Waals surface area contributed by atoms with Gasteiger partial charge in [-0.1, -0.05) is 12.1 Å². The maximum Gasteiger partial charge on any atom is 0.118 e. The molecule has 1 saturated heterocycles. The second-order valence-corrected chi connectivity index (χ2v) is 4.35. The Bertz CT molecular complexity index is 307. The van der Waals surface area contributed by atoms with Gasteiger partial charge in [-0.15, -0.1) is 0 Å². The fourth-order valence-electron chi connectivity index (χ4n) is 2.31. The van der Waals surface area contributed by atoms with E-state index in [1.807, 2.05) is 0 Å². The molecule has 2 rings (SSSR count). The van der Waals surface area contributed by atoms with Crippen molar-refractivity contribution < 1.29 is 4.74 Å². The summed E-state index contributed by atoms with van der Waals surface area (Å²) in [6.45, 7) is 3.40. The predicted molar refractivity (Wildman–Crippen MR) is 62.4 cm³/mol. The van der Waals surface area contributed by atoms with Crippen molar-refractivity contribution in [2.75, 3.05) is 13.7 Å². The fourth-order valence-corrected chi connectivity index (χ4v) is 2.31. The summed E-state index contributed by atoms with van der Waals surface area (Å²) in [5.74, 6) is 1.66. The van der Waals surface area contributed by atoms with Crippen molar-refractivity contribution in [2.24, 2.45) is 0 Å². The lowest BCUT2D eigenvalue weighted by Crippen LogP contribution is -2.34. The minimum Gasteiger partial charge on any atom is -0.497 e. The molecule has 0 spiro atoms. The Morgan fingerprint density at radius 2 is 2.00 bits per heavy atom. The highest BCUT2D eigenvalue weighted by molar-refractivity contribution is 5.29. The van der Waals surface area contributed by atoms with E-state index in [1.165, 1.54) is 18.4 Å². The molecule has 15 heavy (non-hydrogen) atoms. The largest absolute Gasteiger partial charge is 0.497 e. The number of methoxy groups -OCH3 is 1. The van der Waals surface area contributed by atoms with E-state index >= 15 is 0 Å². The number of nitrogens with one attached hydrogen (secondary N) is 1. The summed E-state index contributed by atoms with van der Waals surface area (Å²) in [6, 6.07) is 9.15. The molecule has 2 atom stereocenters. The third-order valence-electron chi connectivity index (χ3n) is 3.21. The molecule has 1 aliphatic heterocycles. The van der Waals surface area contributed by atoms with Crippen LogP contribution in [-0.2, 0) is 0 Å². The van der Waals surface area contributed by atoms with Crippen LogP contribution in [0.2, 0.25) is 0 Å². The summed E-state index contributed by atoms with van der Waals surface area (Å²) in [5.41, 5.74) is 1.45. The Hall–Kier alpha value is -1.02. The Labute approximate surface area is 91.6 Å². The average molecular weight is 205 g/mol. The molecule has 2 heteroatoms. The Morgan fingerprint density at radius 1 is 1.27 bits per heavy atom. The second-order valence-electron chi connectivity index (χ2n) is 4.35. The predicted octanol–water partition coefficient (Wildman–Crippen LogP) is 2.55. The van der Waals surface area contributed by atoms with Gasteiger partial charge in [-0.25, -0.2) is 0 Å². The van der Waals surface area contributed by atoms with E-state index in [1.54, 1.807) is 7.11 Å². The monoisotopic (exact) mass is 205 g/mol. The smallest absolute Gasteiger partial charge is 0.118 e. The zero-order valence-corrected chi connectivity index (χ0v) is 9.49. The fraction of sp³-hybridized carbons (Fsp3) is 0.538. The van der Waals surface area contributed by atoms with E-state index in [2.05, 4.69) is 36.5 Å². The van der Waals surface area contributed by atoms with Crippen molar-refractivity contribution in [3.05, 3.63) is 29.8 Å². The molecule has 1 aromatic carbocycles. The minimum absolute atomic E-state index is 0.644. The highest BCUT2D eigenvalue weighted by atomic mass is 16.5. The van der Waals surface area contributed by atoms with Crippen LogP contribution in [0.1, 0.15) is 31.2 Å². The van der Waals surface area contributed by atoms with E-state index < -0.39 is 0 Å². The highest BCUT2D eigenvalue weighted by Crippen LogP contribution is 2.28. The van der Waals surface area contributed by atoms with Gasteiger partial charge in [0.2, 0.25) is 0 Å². The van der Waals surface area contributed by atoms with Gasteiger partial charge in [-0.05, 0) is 49.9 Å². The molecule has 1 aromatic rings. The quantitative estimate of drug-likeness (QED) is 0.801. The van der Waals surface area contributed by atoms with E-state index in [0.717, 1.165) is 12.3 Å². The van der Waals surface area contributed by atoms with Crippen LogP contribution in [0.4, 0.5) is 0 Å². The summed E-state index contributed by atoms with van der Waals surface area (Å²) in [6.07, 6.45) is 2.49. The molecular formula is C13H19NO. The summed E-state index contributed by atoms with van der Waals surface area (Å²) in [5, 5.41) is 3.48. The van der Waals surface area contributed by atoms with Gasteiger partial charge in [0.25, 0.3) is 0 Å². The van der Waals surface area contributed by atoms with Gasteiger partial charge in [-0.2, -0.15) is 0 Å². The van der Waals surface area contributed by atoms with Gasteiger partial charge in [0.15, 0.2) is 0 Å². The van der Waals surface area contributed by atoms with Crippen molar-refractivity contribution in [3.8, 4) is 5.75 Å². The van der Waals surface area contributed by atoms with Gasteiger partial charge in [-0.3, -0.25) is 0 Å². The third-order valence-corrected chi connectivity index (χ3v) is 3.21. The molecule has 0 radical (unpaired) electrons. The maximum atomic E-state index is 5.17. The number of hydrogen-bond donors (Lipinski definition) is 1. The molecule has 0 aromatic heterocycles. The molecular weight excluding hydrogens is 186 g/mol. The van der Waals surface area contributed by atoms with Gasteiger partial charge < -0.3 is 10.1 Å². The number of rotatable bonds is 2. The van der Waals surface area contributed by atoms with Crippen molar-refractivity contribution >= 4 is 0 Å². The Balaban J connectivity index is 2.07. The normalized spacial score (nSPS) is 26.3. The molecule has 82 valence electrons. The number of ether oxygens (including phenoxy) is 1. The van der Waals surface area contributed by atoms with Crippen molar-refractivity contribution in [1.29, 1.82) is 0 Å². The first-order chi connectivity index (χ1) is 7.29. The van der Waals surface area contributed by atoms with Crippen molar-refractivity contribution in [1.82, 2.24) is 5.32 Å². The van der Waals surface area contributed by atoms with Crippen LogP contribution in [0.15, 0.2) is 24.3 Å². The zero-order valence-electron chi connectivity index (χ0n) is 9.49. The minimum atomic E-state index is 0.644. The first-order valence-electron chi connectivity index (χ1n) is 5.67. The maximum absolute atomic E-state index is 5.17. The molecule has 1 aliphatic rings. The van der Waals surface area contributed by atoms with E-state index in [9.17, 15) is 0 Å². The lowest BCUT2D eigenvalue weighted by Gasteiger charge is -2.28. The molecule has 0 unspecified atom stereocenters. The van der Waals surface area contributed by atoms with Crippen LogP contribution in [0.25, 0.3) is 0 Å². The van der Waals surface area contributed by atoms with Gasteiger partial charge in [0.05, 0.1) is 7.11 Å². The molecule has 0 bridgehead atoms. The number of piperidine rings is 1. The van der Waals surface area contributed by atoms with Gasteiger partial charge in [0, 0.05) is 6.04 Å². The first-order valence-corrected chi connectivity index (χ1v) is 5.67. The van der Waals surface area contributed by atoms with Crippen molar-refractivity contribution in [3.63, 3.8) is 0 Å². The average Bonchev–Trinajstić information content (AvgIpc) is 2.29. The van der Waals surface area contributed by atoms with Crippen LogP contribution in [0.3, 0.4) is 0 Å². The molecule has 1 N–H and O–H groups in total. The summed E-state index contributed by atoms with van der Waals surface area (Å²) in [7, 11) is 1.71. The van der Waals surface area contributed by atoms with E-state index in [0.29, 0.717) is 12.0 Å².